The summed E-state index contributed by atoms with van der Waals surface area (Å²) >= 11 is 0. The minimum absolute atomic E-state index is 0.115. The number of hydrogen-bond acceptors (Lipinski definition) is 6. The highest BCUT2D eigenvalue weighted by Crippen LogP contribution is 2.20. The fourth-order valence-corrected chi connectivity index (χ4v) is 2.48. The Hall–Kier alpha value is -3.26. The molecule has 134 valence electrons. The van der Waals surface area contributed by atoms with Crippen LogP contribution in [0.2, 0.25) is 0 Å². The minimum Gasteiger partial charge on any atom is -0.395 e. The highest BCUT2D eigenvalue weighted by Gasteiger charge is 2.15. The third-order valence-electron chi connectivity index (χ3n) is 3.70. The number of benzene rings is 1. The number of carbonyl (C=O) groups is 1. The Morgan fingerprint density at radius 2 is 2.08 bits per heavy atom. The highest BCUT2D eigenvalue weighted by molar-refractivity contribution is 5.93. The first-order valence-electron chi connectivity index (χ1n) is 8.17. The van der Waals surface area contributed by atoms with Gasteiger partial charge in [-0.3, -0.25) is 9.48 Å². The summed E-state index contributed by atoms with van der Waals surface area (Å²) in [6.07, 6.45) is 1.64. The van der Waals surface area contributed by atoms with E-state index in [9.17, 15) is 4.79 Å². The van der Waals surface area contributed by atoms with E-state index < -0.39 is 0 Å². The molecular weight excluding hydrogens is 332 g/mol. The summed E-state index contributed by atoms with van der Waals surface area (Å²) in [4.78, 5) is 20.8. The molecule has 0 aliphatic rings. The lowest BCUT2D eigenvalue weighted by molar-refractivity contribution is 0.0935. The van der Waals surface area contributed by atoms with E-state index in [0.29, 0.717) is 23.0 Å². The molecule has 2 heterocycles. The maximum Gasteiger partial charge on any atom is 0.269 e. The Morgan fingerprint density at radius 3 is 2.85 bits per heavy atom. The molecule has 0 aliphatic carbocycles. The summed E-state index contributed by atoms with van der Waals surface area (Å²) in [5.74, 6) is 0.150. The van der Waals surface area contributed by atoms with Crippen LogP contribution in [0, 0.1) is 6.92 Å². The Labute approximate surface area is 150 Å². The standard InChI is InChI=1S/C18H20N6O2/c1-12-4-3-5-13(10-12)21-18-20-7-6-14(22-18)15-11-16(24(2)23-15)17(26)19-8-9-25/h3-7,10-11,25H,8-9H2,1-2H3,(H,19,26)(H,20,21,22). The third-order valence-corrected chi connectivity index (χ3v) is 3.70. The van der Waals surface area contributed by atoms with Crippen molar-refractivity contribution in [2.24, 2.45) is 7.05 Å². The lowest BCUT2D eigenvalue weighted by Gasteiger charge is -2.06. The van der Waals surface area contributed by atoms with Crippen molar-refractivity contribution in [3.63, 3.8) is 0 Å². The number of aryl methyl sites for hydroxylation is 2. The molecule has 0 radical (unpaired) electrons. The minimum atomic E-state index is -0.299. The van der Waals surface area contributed by atoms with Gasteiger partial charge in [-0.15, -0.1) is 0 Å². The first-order valence-corrected chi connectivity index (χ1v) is 8.17. The van der Waals surface area contributed by atoms with Crippen LogP contribution in [0.3, 0.4) is 0 Å². The molecule has 0 bridgehead atoms. The van der Waals surface area contributed by atoms with E-state index in [4.69, 9.17) is 5.11 Å². The second-order valence-corrected chi connectivity index (χ2v) is 5.78. The van der Waals surface area contributed by atoms with Crippen molar-refractivity contribution in [1.29, 1.82) is 0 Å². The highest BCUT2D eigenvalue weighted by atomic mass is 16.3. The van der Waals surface area contributed by atoms with Crippen LogP contribution in [-0.4, -0.2) is 43.9 Å². The zero-order valence-corrected chi connectivity index (χ0v) is 14.6. The lowest BCUT2D eigenvalue weighted by Crippen LogP contribution is -2.28. The molecule has 0 saturated carbocycles. The van der Waals surface area contributed by atoms with Gasteiger partial charge in [-0.1, -0.05) is 12.1 Å². The first-order chi connectivity index (χ1) is 12.6. The van der Waals surface area contributed by atoms with E-state index in [1.807, 2.05) is 31.2 Å². The summed E-state index contributed by atoms with van der Waals surface area (Å²) < 4.78 is 1.48. The molecule has 1 amide bonds. The third kappa shape index (κ3) is 4.04. The zero-order valence-electron chi connectivity index (χ0n) is 14.6. The molecule has 0 aliphatic heterocycles. The van der Waals surface area contributed by atoms with Gasteiger partial charge in [-0.2, -0.15) is 5.10 Å². The molecule has 0 unspecified atom stereocenters. The molecule has 26 heavy (non-hydrogen) atoms. The molecule has 0 spiro atoms. The van der Waals surface area contributed by atoms with Crippen LogP contribution in [0.15, 0.2) is 42.6 Å². The monoisotopic (exact) mass is 352 g/mol. The van der Waals surface area contributed by atoms with Crippen LogP contribution in [0.5, 0.6) is 0 Å². The van der Waals surface area contributed by atoms with Gasteiger partial charge in [0, 0.05) is 25.5 Å². The van der Waals surface area contributed by atoms with E-state index in [1.54, 1.807) is 25.4 Å². The first kappa shape index (κ1) is 17.6. The average Bonchev–Trinajstić information content (AvgIpc) is 3.02. The lowest BCUT2D eigenvalue weighted by atomic mass is 10.2. The molecular formula is C18H20N6O2. The van der Waals surface area contributed by atoms with E-state index >= 15 is 0 Å². The second kappa shape index (κ2) is 7.75. The Kier molecular flexibility index (Phi) is 5.23. The summed E-state index contributed by atoms with van der Waals surface area (Å²) in [5.41, 5.74) is 3.59. The molecule has 2 aromatic heterocycles. The number of amides is 1. The van der Waals surface area contributed by atoms with Crippen molar-refractivity contribution in [3.05, 3.63) is 53.9 Å². The largest absolute Gasteiger partial charge is 0.395 e. The van der Waals surface area contributed by atoms with Gasteiger partial charge in [0.15, 0.2) is 0 Å². The number of rotatable bonds is 6. The predicted octanol–water partition coefficient (Wildman–Crippen LogP) is 1.65. The smallest absolute Gasteiger partial charge is 0.269 e. The maximum atomic E-state index is 12.1. The predicted molar refractivity (Wildman–Crippen MR) is 98.1 cm³/mol. The van der Waals surface area contributed by atoms with Crippen molar-refractivity contribution >= 4 is 17.5 Å². The molecule has 8 nitrogen and oxygen atoms in total. The molecule has 3 rings (SSSR count). The number of anilines is 2. The Bertz CT molecular complexity index is 922. The van der Waals surface area contributed by atoms with Crippen molar-refractivity contribution < 1.29 is 9.90 Å². The molecule has 3 aromatic rings. The Balaban J connectivity index is 1.83. The number of aliphatic hydroxyl groups excluding tert-OH is 1. The Morgan fingerprint density at radius 1 is 1.23 bits per heavy atom. The van der Waals surface area contributed by atoms with Gasteiger partial charge < -0.3 is 15.7 Å². The number of nitrogens with zero attached hydrogens (tertiary/aromatic N) is 4. The summed E-state index contributed by atoms with van der Waals surface area (Å²) in [5, 5.41) is 18.9. The van der Waals surface area contributed by atoms with Gasteiger partial charge in [-0.05, 0) is 36.8 Å². The van der Waals surface area contributed by atoms with E-state index in [0.717, 1.165) is 11.3 Å². The topological polar surface area (TPSA) is 105 Å². The van der Waals surface area contributed by atoms with Crippen molar-refractivity contribution in [2.75, 3.05) is 18.5 Å². The van der Waals surface area contributed by atoms with Gasteiger partial charge >= 0.3 is 0 Å². The maximum absolute atomic E-state index is 12.1. The summed E-state index contributed by atoms with van der Waals surface area (Å²) in [6.45, 7) is 2.09. The SMILES string of the molecule is Cc1cccc(Nc2nccc(-c3cc(C(=O)NCCO)n(C)n3)n2)c1. The van der Waals surface area contributed by atoms with Crippen LogP contribution in [-0.2, 0) is 7.05 Å². The molecule has 8 heteroatoms. The van der Waals surface area contributed by atoms with Gasteiger partial charge in [0.25, 0.3) is 5.91 Å². The van der Waals surface area contributed by atoms with Crippen molar-refractivity contribution in [3.8, 4) is 11.4 Å². The van der Waals surface area contributed by atoms with Crippen molar-refractivity contribution in [1.82, 2.24) is 25.1 Å². The van der Waals surface area contributed by atoms with E-state index in [2.05, 4.69) is 25.7 Å². The van der Waals surface area contributed by atoms with Crippen LogP contribution in [0.4, 0.5) is 11.6 Å². The van der Waals surface area contributed by atoms with Crippen LogP contribution in [0.1, 0.15) is 16.1 Å². The van der Waals surface area contributed by atoms with Crippen LogP contribution in [0.25, 0.3) is 11.4 Å². The van der Waals surface area contributed by atoms with Gasteiger partial charge in [0.1, 0.15) is 11.4 Å². The number of carbonyl (C=O) groups excluding carboxylic acids is 1. The fraction of sp³-hybridized carbons (Fsp3) is 0.222. The number of aromatic nitrogens is 4. The van der Waals surface area contributed by atoms with Gasteiger partial charge in [0.2, 0.25) is 5.95 Å². The molecule has 0 fully saturated rings. The molecule has 1 aromatic carbocycles. The second-order valence-electron chi connectivity index (χ2n) is 5.78. The molecule has 0 saturated heterocycles. The number of hydrogen-bond donors (Lipinski definition) is 3. The molecule has 0 atom stereocenters. The summed E-state index contributed by atoms with van der Waals surface area (Å²) in [7, 11) is 1.68. The van der Waals surface area contributed by atoms with Crippen molar-refractivity contribution in [2.45, 2.75) is 6.92 Å². The number of aliphatic hydroxyl groups is 1. The quantitative estimate of drug-likeness (QED) is 0.623. The summed E-state index contributed by atoms with van der Waals surface area (Å²) in [6, 6.07) is 11.3. The van der Waals surface area contributed by atoms with Crippen LogP contribution >= 0.6 is 0 Å². The van der Waals surface area contributed by atoms with E-state index in [-0.39, 0.29) is 19.1 Å². The van der Waals surface area contributed by atoms with Gasteiger partial charge in [-0.25, -0.2) is 9.97 Å². The van der Waals surface area contributed by atoms with E-state index in [1.165, 1.54) is 4.68 Å². The zero-order chi connectivity index (χ0) is 18.5. The van der Waals surface area contributed by atoms with Crippen LogP contribution < -0.4 is 10.6 Å². The normalized spacial score (nSPS) is 10.6. The molecule has 3 N–H and O–H groups in total. The number of nitrogens with one attached hydrogen (secondary N) is 2. The van der Waals surface area contributed by atoms with Gasteiger partial charge in [0.05, 0.1) is 12.3 Å². The fourth-order valence-electron chi connectivity index (χ4n) is 2.48. The average molecular weight is 352 g/mol.